The van der Waals surface area contributed by atoms with Crippen LogP contribution in [0.2, 0.25) is 0 Å². The number of rotatable bonds is 21. The topological polar surface area (TPSA) is 26.3 Å². The van der Waals surface area contributed by atoms with Crippen molar-refractivity contribution in [1.82, 2.24) is 0 Å². The molecule has 0 aliphatic heterocycles. The first-order valence-corrected chi connectivity index (χ1v) is 12.7. The Morgan fingerprint density at radius 3 is 1.56 bits per heavy atom. The Balaban J connectivity index is 3.27. The summed E-state index contributed by atoms with van der Waals surface area (Å²) in [6.07, 6.45) is 23.9. The van der Waals surface area contributed by atoms with Crippen molar-refractivity contribution in [1.29, 1.82) is 0 Å². The summed E-state index contributed by atoms with van der Waals surface area (Å²) in [5, 5.41) is 0. The zero-order chi connectivity index (χ0) is 20.0. The lowest BCUT2D eigenvalue weighted by Crippen LogP contribution is -2.17. The van der Waals surface area contributed by atoms with E-state index in [9.17, 15) is 4.79 Å². The molecule has 0 fully saturated rings. The van der Waals surface area contributed by atoms with Crippen molar-refractivity contribution in [3.63, 3.8) is 0 Å². The van der Waals surface area contributed by atoms with Gasteiger partial charge in [0, 0.05) is 6.42 Å². The SMILES string of the molecule is CCCCCCCCCCCCCCCCCC(=O)OC(CC)CCCS. The van der Waals surface area contributed by atoms with Gasteiger partial charge in [-0.1, -0.05) is 104 Å². The smallest absolute Gasteiger partial charge is 0.306 e. The maximum atomic E-state index is 11.9. The summed E-state index contributed by atoms with van der Waals surface area (Å²) in [6.45, 7) is 4.37. The molecule has 2 nitrogen and oxygen atoms in total. The lowest BCUT2D eigenvalue weighted by molar-refractivity contribution is -0.149. The quantitative estimate of drug-likeness (QED) is 0.119. The summed E-state index contributed by atoms with van der Waals surface area (Å²) >= 11 is 4.22. The molecule has 0 amide bonds. The number of unbranched alkanes of at least 4 members (excludes halogenated alkanes) is 14. The van der Waals surface area contributed by atoms with Gasteiger partial charge in [0.25, 0.3) is 0 Å². The highest BCUT2D eigenvalue weighted by atomic mass is 32.1. The van der Waals surface area contributed by atoms with Gasteiger partial charge in [0.15, 0.2) is 0 Å². The minimum Gasteiger partial charge on any atom is -0.462 e. The molecule has 0 aromatic heterocycles. The first-order valence-electron chi connectivity index (χ1n) is 12.0. The van der Waals surface area contributed by atoms with E-state index in [4.69, 9.17) is 4.74 Å². The maximum Gasteiger partial charge on any atom is 0.306 e. The molecule has 0 radical (unpaired) electrons. The lowest BCUT2D eigenvalue weighted by Gasteiger charge is -2.15. The van der Waals surface area contributed by atoms with Crippen LogP contribution >= 0.6 is 12.6 Å². The first-order chi connectivity index (χ1) is 13.2. The van der Waals surface area contributed by atoms with E-state index < -0.39 is 0 Å². The highest BCUT2D eigenvalue weighted by Gasteiger charge is 2.11. The van der Waals surface area contributed by atoms with Crippen molar-refractivity contribution in [2.24, 2.45) is 0 Å². The largest absolute Gasteiger partial charge is 0.462 e. The summed E-state index contributed by atoms with van der Waals surface area (Å²) in [5.74, 6) is 0.864. The van der Waals surface area contributed by atoms with Gasteiger partial charge in [-0.3, -0.25) is 4.79 Å². The Morgan fingerprint density at radius 1 is 0.704 bits per heavy atom. The molecule has 0 aromatic carbocycles. The highest BCUT2D eigenvalue weighted by molar-refractivity contribution is 7.80. The first kappa shape index (κ1) is 26.8. The molecule has 0 N–H and O–H groups in total. The summed E-state index contributed by atoms with van der Waals surface area (Å²) in [7, 11) is 0. The Kier molecular flexibility index (Phi) is 22.0. The Morgan fingerprint density at radius 2 is 1.15 bits per heavy atom. The van der Waals surface area contributed by atoms with E-state index in [1.165, 1.54) is 89.9 Å². The van der Waals surface area contributed by atoms with Crippen LogP contribution in [0.5, 0.6) is 0 Å². The van der Waals surface area contributed by atoms with Gasteiger partial charge in [-0.2, -0.15) is 12.6 Å². The summed E-state index contributed by atoms with van der Waals surface area (Å²) in [4.78, 5) is 11.9. The van der Waals surface area contributed by atoms with Gasteiger partial charge in [-0.25, -0.2) is 0 Å². The highest BCUT2D eigenvalue weighted by Crippen LogP contribution is 2.14. The number of ether oxygens (including phenoxy) is 1. The van der Waals surface area contributed by atoms with Crippen LogP contribution in [-0.2, 0) is 9.53 Å². The number of carbonyl (C=O) groups is 1. The van der Waals surface area contributed by atoms with Crippen LogP contribution in [0.25, 0.3) is 0 Å². The van der Waals surface area contributed by atoms with Crippen molar-refractivity contribution < 1.29 is 9.53 Å². The minimum absolute atomic E-state index is 0.00397. The number of hydrogen-bond acceptors (Lipinski definition) is 3. The molecule has 1 atom stereocenters. The zero-order valence-corrected chi connectivity index (χ0v) is 19.4. The van der Waals surface area contributed by atoms with Crippen molar-refractivity contribution in [3.8, 4) is 0 Å². The second kappa shape index (κ2) is 22.1. The van der Waals surface area contributed by atoms with E-state index in [1.807, 2.05) is 0 Å². The molecule has 0 saturated carbocycles. The Hall–Kier alpha value is -0.180. The number of esters is 1. The molecule has 1 unspecified atom stereocenters. The van der Waals surface area contributed by atoms with Crippen LogP contribution in [0.1, 0.15) is 136 Å². The fourth-order valence-electron chi connectivity index (χ4n) is 3.55. The minimum atomic E-state index is -0.00397. The number of thiol groups is 1. The van der Waals surface area contributed by atoms with Crippen molar-refractivity contribution in [2.45, 2.75) is 142 Å². The van der Waals surface area contributed by atoms with Crippen LogP contribution < -0.4 is 0 Å². The van der Waals surface area contributed by atoms with Gasteiger partial charge < -0.3 is 4.74 Å². The molecule has 0 spiro atoms. The van der Waals surface area contributed by atoms with Gasteiger partial charge in [0.05, 0.1) is 0 Å². The molecule has 0 aliphatic rings. The molecule has 0 bridgehead atoms. The second-order valence-electron chi connectivity index (χ2n) is 8.09. The van der Waals surface area contributed by atoms with E-state index in [0.717, 1.165) is 31.4 Å². The third-order valence-electron chi connectivity index (χ3n) is 5.42. The average Bonchev–Trinajstić information content (AvgIpc) is 2.68. The molecule has 162 valence electrons. The van der Waals surface area contributed by atoms with E-state index >= 15 is 0 Å². The summed E-state index contributed by atoms with van der Waals surface area (Å²) in [5.41, 5.74) is 0. The van der Waals surface area contributed by atoms with E-state index in [-0.39, 0.29) is 12.1 Å². The average molecular weight is 401 g/mol. The molecule has 0 heterocycles. The standard InChI is InChI=1S/C24H48O2S/c1-3-5-6-7-8-9-10-11-12-13-14-15-16-17-18-21-24(25)26-23(4-2)20-19-22-27/h23,27H,3-22H2,1-2H3. The van der Waals surface area contributed by atoms with Gasteiger partial charge in [-0.05, 0) is 31.4 Å². The van der Waals surface area contributed by atoms with Crippen LogP contribution in [0.15, 0.2) is 0 Å². The molecule has 3 heteroatoms. The summed E-state index contributed by atoms with van der Waals surface area (Å²) < 4.78 is 5.55. The van der Waals surface area contributed by atoms with Gasteiger partial charge in [0.2, 0.25) is 0 Å². The van der Waals surface area contributed by atoms with Gasteiger partial charge in [0.1, 0.15) is 6.10 Å². The van der Waals surface area contributed by atoms with Crippen molar-refractivity contribution in [3.05, 3.63) is 0 Å². The predicted molar refractivity (Wildman–Crippen MR) is 123 cm³/mol. The zero-order valence-electron chi connectivity index (χ0n) is 18.5. The van der Waals surface area contributed by atoms with E-state index in [0.29, 0.717) is 6.42 Å². The fourth-order valence-corrected chi connectivity index (χ4v) is 3.73. The molecule has 0 aromatic rings. The monoisotopic (exact) mass is 400 g/mol. The third kappa shape index (κ3) is 20.4. The van der Waals surface area contributed by atoms with Crippen LogP contribution in [-0.4, -0.2) is 17.8 Å². The lowest BCUT2D eigenvalue weighted by atomic mass is 10.0. The van der Waals surface area contributed by atoms with Crippen LogP contribution in [0.4, 0.5) is 0 Å². The Labute approximate surface area is 176 Å². The Bertz CT molecular complexity index is 307. The predicted octanol–water partition coefficient (Wildman–Crippen LogP) is 8.28. The molecule has 0 rings (SSSR count). The van der Waals surface area contributed by atoms with Gasteiger partial charge in [-0.15, -0.1) is 0 Å². The second-order valence-corrected chi connectivity index (χ2v) is 8.53. The molecule has 0 saturated heterocycles. The summed E-state index contributed by atoms with van der Waals surface area (Å²) in [6, 6.07) is 0. The van der Waals surface area contributed by atoms with Crippen molar-refractivity contribution in [2.75, 3.05) is 5.75 Å². The molecule has 0 aliphatic carbocycles. The normalized spacial score (nSPS) is 12.3. The number of hydrogen-bond donors (Lipinski definition) is 1. The van der Waals surface area contributed by atoms with E-state index in [2.05, 4.69) is 26.5 Å². The fraction of sp³-hybridized carbons (Fsp3) is 0.958. The van der Waals surface area contributed by atoms with Crippen LogP contribution in [0, 0.1) is 0 Å². The third-order valence-corrected chi connectivity index (χ3v) is 5.74. The maximum absolute atomic E-state index is 11.9. The molecular weight excluding hydrogens is 352 g/mol. The van der Waals surface area contributed by atoms with Crippen molar-refractivity contribution >= 4 is 18.6 Å². The van der Waals surface area contributed by atoms with Gasteiger partial charge >= 0.3 is 5.97 Å². The van der Waals surface area contributed by atoms with E-state index in [1.54, 1.807) is 0 Å². The molecular formula is C24H48O2S. The molecule has 27 heavy (non-hydrogen) atoms. The number of carbonyl (C=O) groups excluding carboxylic acids is 1. The van der Waals surface area contributed by atoms with Crippen LogP contribution in [0.3, 0.4) is 0 Å².